The Morgan fingerprint density at radius 3 is 2.69 bits per heavy atom. The molecule has 6 nitrogen and oxygen atoms in total. The molecule has 0 bridgehead atoms. The molecule has 5 rings (SSSR count). The number of rotatable bonds is 7. The standard InChI is InChI=1S/C25H23N3O3S/c29-23-15-19(16-27(23)17-20-9-6-14-31-20)24(30)28(13-12-18-7-2-1-3-8-18)25-26-21-10-4-5-11-22(21)32-25/h1-11,14,19H,12-13,15-17H2. The summed E-state index contributed by atoms with van der Waals surface area (Å²) in [6.07, 6.45) is 2.53. The van der Waals surface area contributed by atoms with Gasteiger partial charge in [0.2, 0.25) is 11.8 Å². The van der Waals surface area contributed by atoms with Gasteiger partial charge in [-0.05, 0) is 36.2 Å². The highest BCUT2D eigenvalue weighted by molar-refractivity contribution is 7.22. The number of carbonyl (C=O) groups excluding carboxylic acids is 2. The molecule has 2 aromatic carbocycles. The van der Waals surface area contributed by atoms with E-state index in [1.54, 1.807) is 22.1 Å². The minimum Gasteiger partial charge on any atom is -0.467 e. The van der Waals surface area contributed by atoms with E-state index in [-0.39, 0.29) is 24.2 Å². The zero-order valence-corrected chi connectivity index (χ0v) is 18.3. The first kappa shape index (κ1) is 20.5. The van der Waals surface area contributed by atoms with Crippen molar-refractivity contribution in [1.29, 1.82) is 0 Å². The van der Waals surface area contributed by atoms with Crippen molar-refractivity contribution in [3.05, 3.63) is 84.3 Å². The quantitative estimate of drug-likeness (QED) is 0.420. The lowest BCUT2D eigenvalue weighted by molar-refractivity contribution is -0.129. The number of aromatic nitrogens is 1. The van der Waals surface area contributed by atoms with Gasteiger partial charge in [-0.2, -0.15) is 0 Å². The topological polar surface area (TPSA) is 66.7 Å². The Morgan fingerprint density at radius 2 is 1.91 bits per heavy atom. The van der Waals surface area contributed by atoms with E-state index in [1.807, 2.05) is 48.5 Å². The molecule has 0 saturated carbocycles. The molecule has 1 fully saturated rings. The fourth-order valence-corrected chi connectivity index (χ4v) is 5.06. The third-order valence-corrected chi connectivity index (χ3v) is 6.80. The first-order valence-corrected chi connectivity index (χ1v) is 11.5. The van der Waals surface area contributed by atoms with Crippen LogP contribution in [0.4, 0.5) is 5.13 Å². The van der Waals surface area contributed by atoms with Crippen molar-refractivity contribution in [1.82, 2.24) is 9.88 Å². The number of hydrogen-bond acceptors (Lipinski definition) is 5. The molecule has 162 valence electrons. The Balaban J connectivity index is 1.37. The molecule has 1 aliphatic rings. The number of fused-ring (bicyclic) bond motifs is 1. The molecule has 0 radical (unpaired) electrons. The van der Waals surface area contributed by atoms with Crippen LogP contribution in [0.5, 0.6) is 0 Å². The SMILES string of the molecule is O=C1CC(C(=O)N(CCc2ccccc2)c2nc3ccccc3s2)CN1Cc1ccco1. The molecule has 3 heterocycles. The largest absolute Gasteiger partial charge is 0.467 e. The van der Waals surface area contributed by atoms with Gasteiger partial charge in [-0.15, -0.1) is 0 Å². The number of amides is 2. The summed E-state index contributed by atoms with van der Waals surface area (Å²) in [6.45, 7) is 1.30. The van der Waals surface area contributed by atoms with Crippen LogP contribution in [0.3, 0.4) is 0 Å². The van der Waals surface area contributed by atoms with Gasteiger partial charge in [0.15, 0.2) is 5.13 Å². The lowest BCUT2D eigenvalue weighted by Crippen LogP contribution is -2.38. The summed E-state index contributed by atoms with van der Waals surface area (Å²) < 4.78 is 6.42. The van der Waals surface area contributed by atoms with Crippen molar-refractivity contribution in [2.75, 3.05) is 18.0 Å². The monoisotopic (exact) mass is 445 g/mol. The molecule has 2 aromatic heterocycles. The van der Waals surface area contributed by atoms with Crippen molar-refractivity contribution in [2.24, 2.45) is 5.92 Å². The van der Waals surface area contributed by atoms with Crippen LogP contribution < -0.4 is 4.90 Å². The molecule has 0 N–H and O–H groups in total. The average molecular weight is 446 g/mol. The van der Waals surface area contributed by atoms with Crippen LogP contribution in [-0.2, 0) is 22.6 Å². The third kappa shape index (κ3) is 4.29. The second-order valence-electron chi connectivity index (χ2n) is 7.94. The molecule has 2 amide bonds. The Kier molecular flexibility index (Phi) is 5.73. The smallest absolute Gasteiger partial charge is 0.234 e. The second-order valence-corrected chi connectivity index (χ2v) is 8.95. The molecule has 1 atom stereocenters. The van der Waals surface area contributed by atoms with Crippen molar-refractivity contribution in [3.63, 3.8) is 0 Å². The van der Waals surface area contributed by atoms with Gasteiger partial charge in [-0.25, -0.2) is 4.98 Å². The third-order valence-electron chi connectivity index (χ3n) is 5.74. The Hall–Kier alpha value is -3.45. The summed E-state index contributed by atoms with van der Waals surface area (Å²) in [4.78, 5) is 34.4. The molecule has 1 unspecified atom stereocenters. The molecule has 1 saturated heterocycles. The molecular weight excluding hydrogens is 422 g/mol. The first-order chi connectivity index (χ1) is 15.7. The Bertz CT molecular complexity index is 1190. The van der Waals surface area contributed by atoms with Gasteiger partial charge < -0.3 is 9.32 Å². The van der Waals surface area contributed by atoms with Crippen molar-refractivity contribution >= 4 is 38.5 Å². The van der Waals surface area contributed by atoms with E-state index in [0.29, 0.717) is 24.8 Å². The Morgan fingerprint density at radius 1 is 1.09 bits per heavy atom. The predicted molar refractivity (Wildman–Crippen MR) is 124 cm³/mol. The molecular formula is C25H23N3O3S. The highest BCUT2D eigenvalue weighted by atomic mass is 32.1. The lowest BCUT2D eigenvalue weighted by atomic mass is 10.1. The van der Waals surface area contributed by atoms with E-state index in [4.69, 9.17) is 9.40 Å². The van der Waals surface area contributed by atoms with E-state index >= 15 is 0 Å². The second kappa shape index (κ2) is 8.96. The van der Waals surface area contributed by atoms with Crippen molar-refractivity contribution in [3.8, 4) is 0 Å². The number of para-hydroxylation sites is 1. The van der Waals surface area contributed by atoms with E-state index in [2.05, 4.69) is 12.1 Å². The molecule has 0 spiro atoms. The summed E-state index contributed by atoms with van der Waals surface area (Å²) >= 11 is 1.51. The van der Waals surface area contributed by atoms with Crippen LogP contribution in [-0.4, -0.2) is 34.8 Å². The fraction of sp³-hybridized carbons (Fsp3) is 0.240. The fourth-order valence-electron chi connectivity index (χ4n) is 4.06. The van der Waals surface area contributed by atoms with Crippen LogP contribution in [0.1, 0.15) is 17.7 Å². The van der Waals surface area contributed by atoms with Crippen molar-refractivity contribution < 1.29 is 14.0 Å². The average Bonchev–Trinajstić information content (AvgIpc) is 3.55. The molecule has 1 aliphatic heterocycles. The maximum atomic E-state index is 13.6. The maximum absolute atomic E-state index is 13.6. The number of thiazole rings is 1. The minimum atomic E-state index is -0.389. The zero-order chi connectivity index (χ0) is 21.9. The van der Waals surface area contributed by atoms with Gasteiger partial charge >= 0.3 is 0 Å². The Labute approximate surface area is 190 Å². The highest BCUT2D eigenvalue weighted by Crippen LogP contribution is 2.31. The first-order valence-electron chi connectivity index (χ1n) is 10.7. The minimum absolute atomic E-state index is 0.0212. The van der Waals surface area contributed by atoms with Crippen LogP contribution in [0, 0.1) is 5.92 Å². The van der Waals surface area contributed by atoms with E-state index < -0.39 is 0 Å². The van der Waals surface area contributed by atoms with Gasteiger partial charge in [0.05, 0.1) is 28.9 Å². The molecule has 0 aliphatic carbocycles. The number of hydrogen-bond donors (Lipinski definition) is 0. The van der Waals surface area contributed by atoms with Gasteiger partial charge in [0.1, 0.15) is 5.76 Å². The number of furan rings is 1. The molecule has 32 heavy (non-hydrogen) atoms. The zero-order valence-electron chi connectivity index (χ0n) is 17.5. The number of carbonyl (C=O) groups is 2. The maximum Gasteiger partial charge on any atom is 0.234 e. The number of anilines is 1. The van der Waals surface area contributed by atoms with Gasteiger partial charge in [-0.1, -0.05) is 53.8 Å². The van der Waals surface area contributed by atoms with Gasteiger partial charge in [-0.3, -0.25) is 14.5 Å². The van der Waals surface area contributed by atoms with E-state index in [0.717, 1.165) is 28.0 Å². The summed E-state index contributed by atoms with van der Waals surface area (Å²) in [5.41, 5.74) is 2.04. The number of benzene rings is 2. The van der Waals surface area contributed by atoms with Crippen LogP contribution in [0.2, 0.25) is 0 Å². The van der Waals surface area contributed by atoms with E-state index in [1.165, 1.54) is 11.3 Å². The molecule has 4 aromatic rings. The number of likely N-dealkylation sites (tertiary alicyclic amines) is 1. The van der Waals surface area contributed by atoms with Crippen LogP contribution >= 0.6 is 11.3 Å². The van der Waals surface area contributed by atoms with Gasteiger partial charge in [0, 0.05) is 19.5 Å². The summed E-state index contributed by atoms with van der Waals surface area (Å²) in [7, 11) is 0. The van der Waals surface area contributed by atoms with Crippen molar-refractivity contribution in [2.45, 2.75) is 19.4 Å². The summed E-state index contributed by atoms with van der Waals surface area (Å²) in [6, 6.07) is 21.6. The number of nitrogens with zero attached hydrogens (tertiary/aromatic N) is 3. The van der Waals surface area contributed by atoms with Crippen LogP contribution in [0.15, 0.2) is 77.4 Å². The molecule has 7 heteroatoms. The predicted octanol–water partition coefficient (Wildman–Crippen LogP) is 4.51. The summed E-state index contributed by atoms with van der Waals surface area (Å²) in [5, 5.41) is 0.684. The van der Waals surface area contributed by atoms with E-state index in [9.17, 15) is 9.59 Å². The summed E-state index contributed by atoms with van der Waals surface area (Å²) in [5.74, 6) is 0.265. The van der Waals surface area contributed by atoms with Crippen LogP contribution in [0.25, 0.3) is 10.2 Å². The van der Waals surface area contributed by atoms with Gasteiger partial charge in [0.25, 0.3) is 0 Å². The normalized spacial score (nSPS) is 16.1. The highest BCUT2D eigenvalue weighted by Gasteiger charge is 2.37. The lowest BCUT2D eigenvalue weighted by Gasteiger charge is -2.23.